The second kappa shape index (κ2) is 13.3. The number of nitrogens with zero attached hydrogens (tertiary/aromatic N) is 2. The van der Waals surface area contributed by atoms with Gasteiger partial charge in [-0.1, -0.05) is 121 Å². The summed E-state index contributed by atoms with van der Waals surface area (Å²) in [6.07, 6.45) is 0. The van der Waals surface area contributed by atoms with Crippen LogP contribution in [0.3, 0.4) is 0 Å². The Morgan fingerprint density at radius 1 is 0.339 bits per heavy atom. The molecule has 0 bridgehead atoms. The molecule has 0 aliphatic heterocycles. The van der Waals surface area contributed by atoms with Crippen molar-refractivity contribution in [3.05, 3.63) is 206 Å². The molecule has 0 saturated heterocycles. The van der Waals surface area contributed by atoms with E-state index in [1.807, 2.05) is 11.3 Å². The summed E-state index contributed by atoms with van der Waals surface area (Å²) in [6.45, 7) is 0. The number of hydrogen-bond acceptors (Lipinski definition) is 4. The summed E-state index contributed by atoms with van der Waals surface area (Å²) < 4.78 is 9.34. The van der Waals surface area contributed by atoms with E-state index in [-0.39, 0.29) is 0 Å². The van der Waals surface area contributed by atoms with Crippen LogP contribution >= 0.6 is 11.3 Å². The van der Waals surface area contributed by atoms with Gasteiger partial charge in [-0.25, -0.2) is 0 Å². The molecule has 56 heavy (non-hydrogen) atoms. The summed E-state index contributed by atoms with van der Waals surface area (Å²) in [6, 6.07) is 73.7. The topological polar surface area (TPSA) is 19.6 Å². The van der Waals surface area contributed by atoms with Gasteiger partial charge < -0.3 is 14.2 Å². The van der Waals surface area contributed by atoms with Crippen LogP contribution in [0.5, 0.6) is 0 Å². The Morgan fingerprint density at radius 3 is 1.52 bits per heavy atom. The van der Waals surface area contributed by atoms with Crippen molar-refractivity contribution in [2.24, 2.45) is 0 Å². The number of anilines is 6. The van der Waals surface area contributed by atoms with Crippen molar-refractivity contribution in [2.45, 2.75) is 0 Å². The zero-order chi connectivity index (χ0) is 37.0. The van der Waals surface area contributed by atoms with Gasteiger partial charge >= 0.3 is 0 Å². The molecule has 2 heterocycles. The number of thiophene rings is 1. The quantitative estimate of drug-likeness (QED) is 0.163. The lowest BCUT2D eigenvalue weighted by molar-refractivity contribution is 0.669. The molecule has 0 spiro atoms. The van der Waals surface area contributed by atoms with Gasteiger partial charge in [0.1, 0.15) is 11.2 Å². The first-order valence-corrected chi connectivity index (χ1v) is 19.7. The van der Waals surface area contributed by atoms with Crippen LogP contribution < -0.4 is 9.80 Å². The average molecular weight is 735 g/mol. The summed E-state index contributed by atoms with van der Waals surface area (Å²) in [7, 11) is 0. The SMILES string of the molecule is c1ccc(-c2ccc(N(c3ccc4sc5ccc6ccccc6c5c4c3)c3cccc4oc5cccc(N(c6ccccc6)c6ccccc6)c5c34)cc2)cc1. The molecule has 0 radical (unpaired) electrons. The molecule has 2 aromatic heterocycles. The maximum Gasteiger partial charge on any atom is 0.137 e. The molecule has 0 N–H and O–H groups in total. The molecule has 11 aromatic rings. The van der Waals surface area contributed by atoms with E-state index < -0.39 is 0 Å². The molecule has 0 fully saturated rings. The zero-order valence-electron chi connectivity index (χ0n) is 30.3. The Balaban J connectivity index is 1.19. The van der Waals surface area contributed by atoms with Crippen molar-refractivity contribution in [3.63, 3.8) is 0 Å². The lowest BCUT2D eigenvalue weighted by atomic mass is 10.0. The molecule has 0 amide bonds. The molecule has 3 nitrogen and oxygen atoms in total. The van der Waals surface area contributed by atoms with Crippen LogP contribution in [0.25, 0.3) is 64.0 Å². The van der Waals surface area contributed by atoms with Crippen LogP contribution in [0.2, 0.25) is 0 Å². The van der Waals surface area contributed by atoms with E-state index in [2.05, 4.69) is 216 Å². The number of furan rings is 1. The number of hydrogen-bond donors (Lipinski definition) is 0. The highest BCUT2D eigenvalue weighted by atomic mass is 32.1. The van der Waals surface area contributed by atoms with Crippen molar-refractivity contribution in [3.8, 4) is 11.1 Å². The molecule has 264 valence electrons. The van der Waals surface area contributed by atoms with Gasteiger partial charge in [-0.05, 0) is 107 Å². The Morgan fingerprint density at radius 2 is 0.857 bits per heavy atom. The number of para-hydroxylation sites is 2. The second-order valence-corrected chi connectivity index (χ2v) is 15.2. The van der Waals surface area contributed by atoms with Crippen LogP contribution in [0, 0.1) is 0 Å². The minimum atomic E-state index is 0.838. The van der Waals surface area contributed by atoms with Crippen LogP contribution in [-0.2, 0) is 0 Å². The third kappa shape index (κ3) is 5.34. The van der Waals surface area contributed by atoms with Crippen LogP contribution in [0.4, 0.5) is 34.1 Å². The van der Waals surface area contributed by atoms with E-state index >= 15 is 0 Å². The third-order valence-corrected chi connectivity index (χ3v) is 12.0. The Hall–Kier alpha value is -7.14. The summed E-state index contributed by atoms with van der Waals surface area (Å²) in [5.74, 6) is 0. The summed E-state index contributed by atoms with van der Waals surface area (Å²) in [5, 5.41) is 7.21. The first-order chi connectivity index (χ1) is 27.8. The predicted octanol–water partition coefficient (Wildman–Crippen LogP) is 15.7. The average Bonchev–Trinajstić information content (AvgIpc) is 3.85. The minimum Gasteiger partial charge on any atom is -0.456 e. The van der Waals surface area contributed by atoms with Crippen molar-refractivity contribution >= 4 is 98.3 Å². The van der Waals surface area contributed by atoms with Gasteiger partial charge in [0.2, 0.25) is 0 Å². The smallest absolute Gasteiger partial charge is 0.137 e. The van der Waals surface area contributed by atoms with Crippen molar-refractivity contribution in [2.75, 3.05) is 9.80 Å². The van der Waals surface area contributed by atoms with Gasteiger partial charge in [0.25, 0.3) is 0 Å². The number of fused-ring (bicyclic) bond motifs is 8. The van der Waals surface area contributed by atoms with Gasteiger partial charge in [-0.15, -0.1) is 11.3 Å². The third-order valence-electron chi connectivity index (χ3n) is 10.8. The molecular formula is C52H34N2OS. The largest absolute Gasteiger partial charge is 0.456 e. The van der Waals surface area contributed by atoms with Gasteiger partial charge in [0, 0.05) is 42.9 Å². The van der Waals surface area contributed by atoms with E-state index in [4.69, 9.17) is 4.42 Å². The summed E-state index contributed by atoms with van der Waals surface area (Å²) in [4.78, 5) is 4.74. The van der Waals surface area contributed by atoms with E-state index in [9.17, 15) is 0 Å². The van der Waals surface area contributed by atoms with Crippen LogP contribution in [0.15, 0.2) is 211 Å². The Bertz CT molecular complexity index is 3150. The van der Waals surface area contributed by atoms with Crippen molar-refractivity contribution in [1.82, 2.24) is 0 Å². The molecule has 0 atom stereocenters. The van der Waals surface area contributed by atoms with Crippen LogP contribution in [-0.4, -0.2) is 0 Å². The monoisotopic (exact) mass is 734 g/mol. The van der Waals surface area contributed by atoms with Crippen LogP contribution in [0.1, 0.15) is 0 Å². The molecule has 0 saturated carbocycles. The van der Waals surface area contributed by atoms with E-state index in [0.717, 1.165) is 56.1 Å². The first kappa shape index (κ1) is 32.3. The molecule has 0 aliphatic rings. The lowest BCUT2D eigenvalue weighted by Gasteiger charge is -2.28. The Labute approximate surface area is 328 Å². The van der Waals surface area contributed by atoms with Gasteiger partial charge in [-0.2, -0.15) is 0 Å². The van der Waals surface area contributed by atoms with Crippen molar-refractivity contribution in [1.29, 1.82) is 0 Å². The standard InChI is InChI=1S/C52H34N2OS/c1-4-14-35(15-5-1)36-26-29-40(30-27-36)54(41-31-33-48-43(34-41)50-42-21-11-10-16-37(42)28-32-49(50)56-48)45-23-13-25-47-52(45)51-44(22-12-24-46(51)55-47)53(38-17-6-2-7-18-38)39-19-8-3-9-20-39/h1-34H. The summed E-state index contributed by atoms with van der Waals surface area (Å²) >= 11 is 1.86. The Kier molecular flexibility index (Phi) is 7.68. The fourth-order valence-corrected chi connectivity index (χ4v) is 9.42. The molecule has 9 aromatic carbocycles. The highest BCUT2D eigenvalue weighted by Crippen LogP contribution is 2.49. The lowest BCUT2D eigenvalue weighted by Crippen LogP contribution is -2.11. The number of benzene rings is 9. The molecular weight excluding hydrogens is 701 g/mol. The summed E-state index contributed by atoms with van der Waals surface area (Å²) in [5.41, 5.74) is 10.4. The minimum absolute atomic E-state index is 0.838. The first-order valence-electron chi connectivity index (χ1n) is 18.9. The maximum absolute atomic E-state index is 6.77. The molecule has 11 rings (SSSR count). The van der Waals surface area contributed by atoms with Crippen molar-refractivity contribution < 1.29 is 4.42 Å². The zero-order valence-corrected chi connectivity index (χ0v) is 31.2. The fourth-order valence-electron chi connectivity index (χ4n) is 8.32. The molecule has 0 unspecified atom stereocenters. The number of rotatable bonds is 7. The van der Waals surface area contributed by atoms with Gasteiger partial charge in [0.15, 0.2) is 0 Å². The van der Waals surface area contributed by atoms with E-state index in [1.165, 1.54) is 42.1 Å². The van der Waals surface area contributed by atoms with Gasteiger partial charge in [0.05, 0.1) is 22.1 Å². The normalized spacial score (nSPS) is 11.6. The van der Waals surface area contributed by atoms with Gasteiger partial charge in [-0.3, -0.25) is 0 Å². The maximum atomic E-state index is 6.77. The molecule has 0 aliphatic carbocycles. The van der Waals surface area contributed by atoms with E-state index in [0.29, 0.717) is 0 Å². The highest BCUT2D eigenvalue weighted by Gasteiger charge is 2.24. The second-order valence-electron chi connectivity index (χ2n) is 14.1. The molecule has 4 heteroatoms. The van der Waals surface area contributed by atoms with E-state index in [1.54, 1.807) is 0 Å². The predicted molar refractivity (Wildman–Crippen MR) is 239 cm³/mol. The highest BCUT2D eigenvalue weighted by molar-refractivity contribution is 7.26. The fraction of sp³-hybridized carbons (Fsp3) is 0.